The fraction of sp³-hybridized carbons (Fsp3) is 0.316. The summed E-state index contributed by atoms with van der Waals surface area (Å²) in [5, 5.41) is 0.647. The van der Waals surface area contributed by atoms with Crippen LogP contribution < -0.4 is 14.4 Å². The van der Waals surface area contributed by atoms with Crippen molar-refractivity contribution < 1.29 is 14.3 Å². The third-order valence-corrected chi connectivity index (χ3v) is 4.50. The molecule has 0 spiro atoms. The molecule has 0 atom stereocenters. The number of halogens is 1. The van der Waals surface area contributed by atoms with E-state index in [-0.39, 0.29) is 12.5 Å². The third kappa shape index (κ3) is 4.57. The summed E-state index contributed by atoms with van der Waals surface area (Å²) in [5.41, 5.74) is 1.14. The van der Waals surface area contributed by atoms with Gasteiger partial charge in [-0.3, -0.25) is 4.79 Å². The fourth-order valence-electron chi connectivity index (χ4n) is 2.77. The predicted molar refractivity (Wildman–Crippen MR) is 98.7 cm³/mol. The fourth-order valence-corrected chi connectivity index (χ4v) is 2.90. The van der Waals surface area contributed by atoms with Gasteiger partial charge in [-0.15, -0.1) is 0 Å². The monoisotopic (exact) mass is 360 g/mol. The standard InChI is InChI=1S/C19H21ClN2O3/c1-24-17-8-4-16(5-9-17)21-10-12-22(13-11-21)19(23)14-25-18-6-2-15(20)3-7-18/h2-9H,10-14H2,1H3. The molecule has 1 aliphatic rings. The lowest BCUT2D eigenvalue weighted by atomic mass is 10.2. The van der Waals surface area contributed by atoms with Crippen LogP contribution in [0.4, 0.5) is 5.69 Å². The highest BCUT2D eigenvalue weighted by molar-refractivity contribution is 6.30. The molecule has 25 heavy (non-hydrogen) atoms. The Labute approximate surface area is 152 Å². The predicted octanol–water partition coefficient (Wildman–Crippen LogP) is 3.08. The van der Waals surface area contributed by atoms with Crippen molar-refractivity contribution in [3.8, 4) is 11.5 Å². The van der Waals surface area contributed by atoms with Crippen LogP contribution in [-0.4, -0.2) is 50.7 Å². The van der Waals surface area contributed by atoms with E-state index in [4.69, 9.17) is 21.1 Å². The number of carbonyl (C=O) groups excluding carboxylic acids is 1. The van der Waals surface area contributed by atoms with Gasteiger partial charge in [-0.05, 0) is 48.5 Å². The Morgan fingerprint density at radius 3 is 2.16 bits per heavy atom. The first kappa shape index (κ1) is 17.4. The molecule has 2 aromatic carbocycles. The molecule has 5 nitrogen and oxygen atoms in total. The van der Waals surface area contributed by atoms with Gasteiger partial charge in [0.2, 0.25) is 0 Å². The van der Waals surface area contributed by atoms with Crippen LogP contribution in [-0.2, 0) is 4.79 Å². The minimum absolute atomic E-state index is 0.00401. The van der Waals surface area contributed by atoms with Crippen LogP contribution in [0.5, 0.6) is 11.5 Å². The molecule has 0 N–H and O–H groups in total. The van der Waals surface area contributed by atoms with Crippen molar-refractivity contribution in [2.45, 2.75) is 0 Å². The number of anilines is 1. The van der Waals surface area contributed by atoms with E-state index in [1.807, 2.05) is 29.2 Å². The minimum Gasteiger partial charge on any atom is -0.497 e. The first-order valence-corrected chi connectivity index (χ1v) is 8.58. The Balaban J connectivity index is 1.47. The molecule has 0 saturated carbocycles. The molecular weight excluding hydrogens is 340 g/mol. The minimum atomic E-state index is 0.00401. The van der Waals surface area contributed by atoms with Gasteiger partial charge in [0.1, 0.15) is 11.5 Å². The largest absolute Gasteiger partial charge is 0.497 e. The highest BCUT2D eigenvalue weighted by atomic mass is 35.5. The van der Waals surface area contributed by atoms with E-state index in [0.717, 1.165) is 24.5 Å². The zero-order valence-corrected chi connectivity index (χ0v) is 14.9. The van der Waals surface area contributed by atoms with E-state index in [0.29, 0.717) is 23.9 Å². The maximum atomic E-state index is 12.3. The Morgan fingerprint density at radius 1 is 0.960 bits per heavy atom. The Bertz CT molecular complexity index is 696. The van der Waals surface area contributed by atoms with Crippen molar-refractivity contribution in [3.63, 3.8) is 0 Å². The maximum Gasteiger partial charge on any atom is 0.260 e. The quantitative estimate of drug-likeness (QED) is 0.821. The van der Waals surface area contributed by atoms with Crippen molar-refractivity contribution in [1.29, 1.82) is 0 Å². The summed E-state index contributed by atoms with van der Waals surface area (Å²) in [5.74, 6) is 1.50. The number of benzene rings is 2. The number of methoxy groups -OCH3 is 1. The summed E-state index contributed by atoms with van der Waals surface area (Å²) in [6.45, 7) is 3.03. The second kappa shape index (κ2) is 8.12. The zero-order valence-electron chi connectivity index (χ0n) is 14.2. The normalized spacial score (nSPS) is 14.3. The number of carbonyl (C=O) groups is 1. The van der Waals surface area contributed by atoms with Crippen LogP contribution in [0.2, 0.25) is 5.02 Å². The molecule has 1 amide bonds. The van der Waals surface area contributed by atoms with Crippen LogP contribution in [0.1, 0.15) is 0 Å². The molecule has 1 heterocycles. The topological polar surface area (TPSA) is 42.0 Å². The molecule has 0 aromatic heterocycles. The van der Waals surface area contributed by atoms with Gasteiger partial charge in [-0.1, -0.05) is 11.6 Å². The molecular formula is C19H21ClN2O3. The van der Waals surface area contributed by atoms with Gasteiger partial charge in [0.05, 0.1) is 7.11 Å². The Morgan fingerprint density at radius 2 is 1.56 bits per heavy atom. The lowest BCUT2D eigenvalue weighted by molar-refractivity contribution is -0.133. The molecule has 0 unspecified atom stereocenters. The van der Waals surface area contributed by atoms with Gasteiger partial charge >= 0.3 is 0 Å². The van der Waals surface area contributed by atoms with Gasteiger partial charge in [0.25, 0.3) is 5.91 Å². The van der Waals surface area contributed by atoms with Gasteiger partial charge in [-0.25, -0.2) is 0 Å². The first-order chi connectivity index (χ1) is 12.2. The SMILES string of the molecule is COc1ccc(N2CCN(C(=O)COc3ccc(Cl)cc3)CC2)cc1. The molecule has 1 saturated heterocycles. The lowest BCUT2D eigenvalue weighted by Crippen LogP contribution is -2.50. The number of rotatable bonds is 5. The highest BCUT2D eigenvalue weighted by Gasteiger charge is 2.21. The van der Waals surface area contributed by atoms with Crippen molar-refractivity contribution in [2.75, 3.05) is 44.8 Å². The second-order valence-electron chi connectivity index (χ2n) is 5.81. The lowest BCUT2D eigenvalue weighted by Gasteiger charge is -2.36. The summed E-state index contributed by atoms with van der Waals surface area (Å²) in [6, 6.07) is 15.0. The van der Waals surface area contributed by atoms with Crippen molar-refractivity contribution in [1.82, 2.24) is 4.90 Å². The van der Waals surface area contributed by atoms with Gasteiger partial charge < -0.3 is 19.3 Å². The summed E-state index contributed by atoms with van der Waals surface area (Å²) in [7, 11) is 1.66. The Kier molecular flexibility index (Phi) is 5.66. The van der Waals surface area contributed by atoms with Crippen LogP contribution in [0.25, 0.3) is 0 Å². The number of piperazine rings is 1. The van der Waals surface area contributed by atoms with Gasteiger partial charge in [0.15, 0.2) is 6.61 Å². The molecule has 3 rings (SSSR count). The molecule has 1 aliphatic heterocycles. The number of hydrogen-bond donors (Lipinski definition) is 0. The number of hydrogen-bond acceptors (Lipinski definition) is 4. The van der Waals surface area contributed by atoms with Gasteiger partial charge in [0, 0.05) is 36.9 Å². The highest BCUT2D eigenvalue weighted by Crippen LogP contribution is 2.21. The van der Waals surface area contributed by atoms with E-state index >= 15 is 0 Å². The van der Waals surface area contributed by atoms with Crippen LogP contribution in [0.15, 0.2) is 48.5 Å². The smallest absolute Gasteiger partial charge is 0.260 e. The van der Waals surface area contributed by atoms with E-state index in [1.165, 1.54) is 0 Å². The first-order valence-electron chi connectivity index (χ1n) is 8.21. The van der Waals surface area contributed by atoms with E-state index < -0.39 is 0 Å². The summed E-state index contributed by atoms with van der Waals surface area (Å²) in [4.78, 5) is 16.4. The van der Waals surface area contributed by atoms with Crippen LogP contribution in [0.3, 0.4) is 0 Å². The maximum absolute atomic E-state index is 12.3. The zero-order chi connectivity index (χ0) is 17.6. The molecule has 0 bridgehead atoms. The summed E-state index contributed by atoms with van der Waals surface area (Å²) in [6.07, 6.45) is 0. The van der Waals surface area contributed by atoms with E-state index in [9.17, 15) is 4.79 Å². The number of nitrogens with zero attached hydrogens (tertiary/aromatic N) is 2. The van der Waals surface area contributed by atoms with Crippen molar-refractivity contribution >= 4 is 23.2 Å². The number of ether oxygens (including phenoxy) is 2. The molecule has 0 radical (unpaired) electrons. The van der Waals surface area contributed by atoms with Crippen molar-refractivity contribution in [3.05, 3.63) is 53.6 Å². The molecule has 2 aromatic rings. The third-order valence-electron chi connectivity index (χ3n) is 4.25. The second-order valence-corrected chi connectivity index (χ2v) is 6.24. The summed E-state index contributed by atoms with van der Waals surface area (Å²) >= 11 is 5.83. The van der Waals surface area contributed by atoms with Crippen molar-refractivity contribution in [2.24, 2.45) is 0 Å². The molecule has 0 aliphatic carbocycles. The van der Waals surface area contributed by atoms with Crippen LogP contribution >= 0.6 is 11.6 Å². The molecule has 6 heteroatoms. The van der Waals surface area contributed by atoms with E-state index in [1.54, 1.807) is 31.4 Å². The van der Waals surface area contributed by atoms with Gasteiger partial charge in [-0.2, -0.15) is 0 Å². The molecule has 1 fully saturated rings. The summed E-state index contributed by atoms with van der Waals surface area (Å²) < 4.78 is 10.7. The average molecular weight is 361 g/mol. The average Bonchev–Trinajstić information content (AvgIpc) is 2.67. The number of amides is 1. The Hall–Kier alpha value is -2.40. The van der Waals surface area contributed by atoms with E-state index in [2.05, 4.69) is 4.90 Å². The van der Waals surface area contributed by atoms with Crippen LogP contribution in [0, 0.1) is 0 Å². The molecule has 132 valence electrons.